The largest absolute Gasteiger partial charge is 0.285 e. The first-order valence-corrected chi connectivity index (χ1v) is 5.17. The van der Waals surface area contributed by atoms with Crippen molar-refractivity contribution in [2.45, 2.75) is 19.9 Å². The summed E-state index contributed by atoms with van der Waals surface area (Å²) in [6.45, 7) is 2.96. The highest BCUT2D eigenvalue weighted by Crippen LogP contribution is 2.04. The van der Waals surface area contributed by atoms with Crippen molar-refractivity contribution in [1.82, 2.24) is 9.36 Å². The summed E-state index contributed by atoms with van der Waals surface area (Å²) in [5, 5.41) is 0. The second-order valence-electron chi connectivity index (χ2n) is 3.46. The lowest BCUT2D eigenvalue weighted by atomic mass is 10.3. The molecular weight excluding hydrogens is 188 g/mol. The second kappa shape index (κ2) is 4.17. The van der Waals surface area contributed by atoms with Crippen molar-refractivity contribution in [3.05, 3.63) is 52.9 Å². The zero-order valence-electron chi connectivity index (χ0n) is 8.76. The van der Waals surface area contributed by atoms with Crippen LogP contribution in [-0.4, -0.2) is 9.36 Å². The lowest BCUT2D eigenvalue weighted by molar-refractivity contribution is 0.536. The van der Waals surface area contributed by atoms with Crippen LogP contribution in [0.1, 0.15) is 13.3 Å². The van der Waals surface area contributed by atoms with E-state index in [0.717, 1.165) is 18.7 Å². The molecule has 0 aliphatic heterocycles. The van der Waals surface area contributed by atoms with Crippen molar-refractivity contribution in [3.63, 3.8) is 0 Å². The summed E-state index contributed by atoms with van der Waals surface area (Å²) in [7, 11) is 0. The van der Waals surface area contributed by atoms with E-state index in [4.69, 9.17) is 0 Å². The van der Waals surface area contributed by atoms with Crippen molar-refractivity contribution in [2.24, 2.45) is 0 Å². The molecule has 15 heavy (non-hydrogen) atoms. The van der Waals surface area contributed by atoms with Crippen LogP contribution in [0.4, 0.5) is 0 Å². The summed E-state index contributed by atoms with van der Waals surface area (Å²) in [6.07, 6.45) is 2.85. The van der Waals surface area contributed by atoms with E-state index in [2.05, 4.69) is 6.92 Å². The smallest absolute Gasteiger partial charge is 0.271 e. The molecule has 0 bridgehead atoms. The van der Waals surface area contributed by atoms with Crippen LogP contribution in [0.3, 0.4) is 0 Å². The van der Waals surface area contributed by atoms with Crippen molar-refractivity contribution in [3.8, 4) is 5.69 Å². The van der Waals surface area contributed by atoms with Gasteiger partial charge in [-0.3, -0.25) is 9.48 Å². The fourth-order valence-electron chi connectivity index (χ4n) is 1.66. The molecule has 1 heterocycles. The third-order valence-electron chi connectivity index (χ3n) is 2.31. The number of hydrogen-bond donors (Lipinski definition) is 0. The van der Waals surface area contributed by atoms with Gasteiger partial charge in [-0.05, 0) is 18.6 Å². The molecule has 0 atom stereocenters. The Hall–Kier alpha value is -1.77. The molecule has 0 amide bonds. The fraction of sp³-hybridized carbons (Fsp3) is 0.250. The predicted molar refractivity (Wildman–Crippen MR) is 60.3 cm³/mol. The molecule has 2 rings (SSSR count). The van der Waals surface area contributed by atoms with Gasteiger partial charge < -0.3 is 0 Å². The summed E-state index contributed by atoms with van der Waals surface area (Å²) in [6, 6.07) is 11.3. The first-order chi connectivity index (χ1) is 7.33. The van der Waals surface area contributed by atoms with Crippen molar-refractivity contribution < 1.29 is 0 Å². The van der Waals surface area contributed by atoms with Crippen molar-refractivity contribution >= 4 is 0 Å². The van der Waals surface area contributed by atoms with E-state index in [1.54, 1.807) is 10.7 Å². The highest BCUT2D eigenvalue weighted by atomic mass is 16.1. The molecular formula is C12H14N2O. The quantitative estimate of drug-likeness (QED) is 0.748. The average molecular weight is 202 g/mol. The number of aryl methyl sites for hydroxylation is 1. The Morgan fingerprint density at radius 1 is 1.13 bits per heavy atom. The lowest BCUT2D eigenvalue weighted by Gasteiger charge is -2.10. The Morgan fingerprint density at radius 3 is 2.53 bits per heavy atom. The third kappa shape index (κ3) is 1.86. The van der Waals surface area contributed by atoms with E-state index in [1.165, 1.54) is 0 Å². The third-order valence-corrected chi connectivity index (χ3v) is 2.31. The zero-order chi connectivity index (χ0) is 10.7. The Balaban J connectivity index is 2.52. The normalized spacial score (nSPS) is 10.5. The maximum Gasteiger partial charge on any atom is 0.271 e. The first-order valence-electron chi connectivity index (χ1n) is 5.17. The molecule has 1 aromatic carbocycles. The molecule has 78 valence electrons. The standard InChI is InChI=1S/C12H14N2O/c1-2-9-13-10-8-12(15)14(13)11-6-4-3-5-7-11/h3-8,10H,2,9H2,1H3. The van der Waals surface area contributed by atoms with Crippen LogP contribution >= 0.6 is 0 Å². The van der Waals surface area contributed by atoms with E-state index in [-0.39, 0.29) is 5.56 Å². The predicted octanol–water partition coefficient (Wildman–Crippen LogP) is 2.05. The van der Waals surface area contributed by atoms with Crippen LogP contribution in [0, 0.1) is 0 Å². The van der Waals surface area contributed by atoms with E-state index in [9.17, 15) is 4.79 Å². The molecule has 0 unspecified atom stereocenters. The molecule has 0 aliphatic rings. The molecule has 0 spiro atoms. The number of aromatic nitrogens is 2. The summed E-state index contributed by atoms with van der Waals surface area (Å²) in [4.78, 5) is 11.7. The fourth-order valence-corrected chi connectivity index (χ4v) is 1.66. The lowest BCUT2D eigenvalue weighted by Crippen LogP contribution is -2.20. The maximum atomic E-state index is 11.7. The van der Waals surface area contributed by atoms with Gasteiger partial charge >= 0.3 is 0 Å². The summed E-state index contributed by atoms with van der Waals surface area (Å²) in [5.74, 6) is 0. The van der Waals surface area contributed by atoms with Gasteiger partial charge in [0, 0.05) is 18.8 Å². The van der Waals surface area contributed by atoms with Gasteiger partial charge in [0.1, 0.15) is 0 Å². The Bertz CT molecular complexity index is 482. The van der Waals surface area contributed by atoms with E-state index in [0.29, 0.717) is 0 Å². The molecule has 1 aromatic heterocycles. The molecule has 2 aromatic rings. The van der Waals surface area contributed by atoms with Crippen LogP contribution in [0.2, 0.25) is 0 Å². The number of para-hydroxylation sites is 1. The van der Waals surface area contributed by atoms with Crippen LogP contribution < -0.4 is 5.56 Å². The van der Waals surface area contributed by atoms with Gasteiger partial charge in [0.2, 0.25) is 0 Å². The SMILES string of the molecule is CCCn1ccc(=O)n1-c1ccccc1. The molecule has 0 saturated carbocycles. The monoisotopic (exact) mass is 202 g/mol. The van der Waals surface area contributed by atoms with Crippen LogP contribution in [0.25, 0.3) is 5.69 Å². The van der Waals surface area contributed by atoms with Gasteiger partial charge in [-0.2, -0.15) is 0 Å². The molecule has 0 fully saturated rings. The van der Waals surface area contributed by atoms with Gasteiger partial charge in [0.05, 0.1) is 5.69 Å². The Kier molecular flexibility index (Phi) is 2.72. The van der Waals surface area contributed by atoms with Crippen molar-refractivity contribution in [1.29, 1.82) is 0 Å². The highest BCUT2D eigenvalue weighted by molar-refractivity contribution is 5.30. The summed E-state index contributed by atoms with van der Waals surface area (Å²) < 4.78 is 3.64. The molecule has 3 heteroatoms. The number of rotatable bonds is 3. The first kappa shape index (κ1) is 9.77. The number of benzene rings is 1. The number of nitrogens with zero attached hydrogens (tertiary/aromatic N) is 2. The summed E-state index contributed by atoms with van der Waals surface area (Å²) >= 11 is 0. The molecule has 0 saturated heterocycles. The topological polar surface area (TPSA) is 26.9 Å². The second-order valence-corrected chi connectivity index (χ2v) is 3.46. The molecule has 3 nitrogen and oxygen atoms in total. The van der Waals surface area contributed by atoms with Gasteiger partial charge in [-0.15, -0.1) is 0 Å². The van der Waals surface area contributed by atoms with E-state index in [1.807, 2.05) is 41.2 Å². The summed E-state index contributed by atoms with van der Waals surface area (Å²) in [5.41, 5.74) is 0.940. The van der Waals surface area contributed by atoms with Gasteiger partial charge in [-0.25, -0.2) is 4.68 Å². The van der Waals surface area contributed by atoms with Gasteiger partial charge in [-0.1, -0.05) is 25.1 Å². The number of hydrogen-bond acceptors (Lipinski definition) is 1. The Labute approximate surface area is 88.6 Å². The minimum Gasteiger partial charge on any atom is -0.285 e. The minimum atomic E-state index is 0.0228. The molecule has 0 radical (unpaired) electrons. The minimum absolute atomic E-state index is 0.0228. The molecule has 0 N–H and O–H groups in total. The van der Waals surface area contributed by atoms with Crippen LogP contribution in [0.5, 0.6) is 0 Å². The zero-order valence-corrected chi connectivity index (χ0v) is 8.76. The maximum absolute atomic E-state index is 11.7. The Morgan fingerprint density at radius 2 is 1.87 bits per heavy atom. The van der Waals surface area contributed by atoms with E-state index < -0.39 is 0 Å². The van der Waals surface area contributed by atoms with Gasteiger partial charge in [0.25, 0.3) is 5.56 Å². The van der Waals surface area contributed by atoms with Crippen LogP contribution in [0.15, 0.2) is 47.4 Å². The molecule has 0 aliphatic carbocycles. The average Bonchev–Trinajstić information content (AvgIpc) is 2.62. The van der Waals surface area contributed by atoms with E-state index >= 15 is 0 Å². The highest BCUT2D eigenvalue weighted by Gasteiger charge is 2.03. The van der Waals surface area contributed by atoms with Gasteiger partial charge in [0.15, 0.2) is 0 Å². The van der Waals surface area contributed by atoms with Crippen LogP contribution in [-0.2, 0) is 6.54 Å². The van der Waals surface area contributed by atoms with Crippen molar-refractivity contribution in [2.75, 3.05) is 0 Å².